The van der Waals surface area contributed by atoms with Crippen molar-refractivity contribution in [3.63, 3.8) is 0 Å². The molecule has 5 heteroatoms. The van der Waals surface area contributed by atoms with E-state index in [4.69, 9.17) is 4.74 Å². The van der Waals surface area contributed by atoms with Crippen molar-refractivity contribution in [1.82, 2.24) is 4.90 Å². The molecule has 0 atom stereocenters. The number of esters is 1. The van der Waals surface area contributed by atoms with Crippen LogP contribution in [0.1, 0.15) is 32.1 Å². The molecule has 0 unspecified atom stereocenters. The molecule has 1 aromatic carbocycles. The van der Waals surface area contributed by atoms with Crippen LogP contribution in [0.15, 0.2) is 42.5 Å². The molecule has 1 aromatic heterocycles. The van der Waals surface area contributed by atoms with Gasteiger partial charge in [-0.2, -0.15) is 0 Å². The van der Waals surface area contributed by atoms with E-state index < -0.39 is 5.97 Å². The monoisotopic (exact) mass is 355 g/mol. The molecule has 1 aliphatic rings. The van der Waals surface area contributed by atoms with Crippen LogP contribution in [0.4, 0.5) is 0 Å². The Morgan fingerprint density at radius 2 is 1.96 bits per heavy atom. The summed E-state index contributed by atoms with van der Waals surface area (Å²) in [7, 11) is 0. The molecule has 1 amide bonds. The van der Waals surface area contributed by atoms with Crippen molar-refractivity contribution in [2.45, 2.75) is 20.3 Å². The Morgan fingerprint density at radius 3 is 2.56 bits per heavy atom. The van der Waals surface area contributed by atoms with E-state index in [2.05, 4.69) is 18.2 Å². The van der Waals surface area contributed by atoms with Crippen molar-refractivity contribution in [2.75, 3.05) is 19.7 Å². The molecule has 4 nitrogen and oxygen atoms in total. The van der Waals surface area contributed by atoms with Gasteiger partial charge < -0.3 is 9.64 Å². The van der Waals surface area contributed by atoms with Gasteiger partial charge in [-0.1, -0.05) is 36.4 Å². The highest BCUT2D eigenvalue weighted by Gasteiger charge is 2.20. The number of carbonyl (C=O) groups is 2. The fraction of sp³-hybridized carbons (Fsp3) is 0.300. The van der Waals surface area contributed by atoms with E-state index in [9.17, 15) is 9.59 Å². The second kappa shape index (κ2) is 7.66. The molecule has 2 aromatic rings. The van der Waals surface area contributed by atoms with Crippen molar-refractivity contribution in [3.8, 4) is 0 Å². The minimum Gasteiger partial charge on any atom is -0.452 e. The molecule has 25 heavy (non-hydrogen) atoms. The molecule has 1 aliphatic heterocycles. The lowest BCUT2D eigenvalue weighted by atomic mass is 10.00. The van der Waals surface area contributed by atoms with Crippen LogP contribution in [0.25, 0.3) is 5.57 Å². The molecule has 0 saturated carbocycles. The standard InChI is InChI=1S/C20H21NO3S/c1-14-12-18(15(2)25-14)20(23)24-13-19(22)21-10-8-17(9-11-21)16-6-4-3-5-7-16/h3-8,12H,9-11,13H2,1-2H3. The molecule has 0 saturated heterocycles. The van der Waals surface area contributed by atoms with E-state index in [1.54, 1.807) is 16.2 Å². The quantitative estimate of drug-likeness (QED) is 0.783. The van der Waals surface area contributed by atoms with Gasteiger partial charge in [-0.3, -0.25) is 4.79 Å². The predicted molar refractivity (Wildman–Crippen MR) is 99.7 cm³/mol. The van der Waals surface area contributed by atoms with Gasteiger partial charge in [0, 0.05) is 22.8 Å². The summed E-state index contributed by atoms with van der Waals surface area (Å²) in [6.45, 7) is 4.83. The van der Waals surface area contributed by atoms with Crippen molar-refractivity contribution in [1.29, 1.82) is 0 Å². The van der Waals surface area contributed by atoms with Gasteiger partial charge in [0.1, 0.15) is 0 Å². The number of benzene rings is 1. The molecule has 130 valence electrons. The summed E-state index contributed by atoms with van der Waals surface area (Å²) in [5, 5.41) is 0. The number of aryl methyl sites for hydroxylation is 2. The highest BCUT2D eigenvalue weighted by molar-refractivity contribution is 7.12. The van der Waals surface area contributed by atoms with Gasteiger partial charge in [-0.15, -0.1) is 11.3 Å². The van der Waals surface area contributed by atoms with E-state index in [1.165, 1.54) is 11.1 Å². The highest BCUT2D eigenvalue weighted by atomic mass is 32.1. The Balaban J connectivity index is 1.54. The lowest BCUT2D eigenvalue weighted by Crippen LogP contribution is -2.37. The zero-order chi connectivity index (χ0) is 17.8. The summed E-state index contributed by atoms with van der Waals surface area (Å²) in [4.78, 5) is 28.1. The Bertz CT molecular complexity index is 808. The predicted octanol–water partition coefficient (Wildman–Crippen LogP) is 3.84. The number of carbonyl (C=O) groups excluding carboxylic acids is 2. The van der Waals surface area contributed by atoms with Gasteiger partial charge in [-0.25, -0.2) is 4.79 Å². The van der Waals surface area contributed by atoms with Gasteiger partial charge in [0.2, 0.25) is 0 Å². The maximum absolute atomic E-state index is 12.3. The summed E-state index contributed by atoms with van der Waals surface area (Å²) in [6.07, 6.45) is 2.89. The normalized spacial score (nSPS) is 14.2. The summed E-state index contributed by atoms with van der Waals surface area (Å²) in [5.41, 5.74) is 3.01. The van der Waals surface area contributed by atoms with Gasteiger partial charge >= 0.3 is 5.97 Å². The number of thiophene rings is 1. The van der Waals surface area contributed by atoms with Crippen molar-refractivity contribution < 1.29 is 14.3 Å². The summed E-state index contributed by atoms with van der Waals surface area (Å²) in [6, 6.07) is 12.0. The smallest absolute Gasteiger partial charge is 0.339 e. The number of ether oxygens (including phenoxy) is 1. The fourth-order valence-electron chi connectivity index (χ4n) is 2.94. The first-order chi connectivity index (χ1) is 12.0. The van der Waals surface area contributed by atoms with Crippen molar-refractivity contribution >= 4 is 28.8 Å². The highest BCUT2D eigenvalue weighted by Crippen LogP contribution is 2.23. The molecule has 3 rings (SSSR count). The largest absolute Gasteiger partial charge is 0.452 e. The molecule has 0 fully saturated rings. The Hall–Kier alpha value is -2.40. The molecule has 0 bridgehead atoms. The fourth-order valence-corrected chi connectivity index (χ4v) is 3.85. The average molecular weight is 355 g/mol. The van der Waals surface area contributed by atoms with Crippen molar-refractivity contribution in [2.24, 2.45) is 0 Å². The van der Waals surface area contributed by atoms with Gasteiger partial charge in [0.15, 0.2) is 6.61 Å². The van der Waals surface area contributed by atoms with E-state index in [0.29, 0.717) is 18.7 Å². The molecule has 0 radical (unpaired) electrons. The van der Waals surface area contributed by atoms with E-state index >= 15 is 0 Å². The van der Waals surface area contributed by atoms with E-state index in [-0.39, 0.29) is 12.5 Å². The maximum atomic E-state index is 12.3. The second-order valence-electron chi connectivity index (χ2n) is 6.09. The van der Waals surface area contributed by atoms with Gasteiger partial charge in [-0.05, 0) is 37.5 Å². The van der Waals surface area contributed by atoms with Crippen molar-refractivity contribution in [3.05, 3.63) is 63.4 Å². The van der Waals surface area contributed by atoms with Crippen LogP contribution in [-0.2, 0) is 9.53 Å². The van der Waals surface area contributed by atoms with Crippen LogP contribution in [0.5, 0.6) is 0 Å². The minimum atomic E-state index is -0.423. The first-order valence-corrected chi connectivity index (χ1v) is 9.12. The minimum absolute atomic E-state index is 0.152. The van der Waals surface area contributed by atoms with Gasteiger partial charge in [0.25, 0.3) is 5.91 Å². The Kier molecular flexibility index (Phi) is 5.34. The third kappa shape index (κ3) is 4.17. The Morgan fingerprint density at radius 1 is 1.20 bits per heavy atom. The summed E-state index contributed by atoms with van der Waals surface area (Å²) in [5.74, 6) is -0.575. The summed E-state index contributed by atoms with van der Waals surface area (Å²) < 4.78 is 5.20. The number of hydrogen-bond donors (Lipinski definition) is 0. The van der Waals surface area contributed by atoms with Crippen LogP contribution in [-0.4, -0.2) is 36.5 Å². The molecular weight excluding hydrogens is 334 g/mol. The topological polar surface area (TPSA) is 46.6 Å². The van der Waals surface area contributed by atoms with Crippen LogP contribution in [0.3, 0.4) is 0 Å². The van der Waals surface area contributed by atoms with Gasteiger partial charge in [0.05, 0.1) is 5.56 Å². The molecule has 0 spiro atoms. The third-order valence-corrected chi connectivity index (χ3v) is 5.26. The Labute approximate surface area is 151 Å². The number of rotatable bonds is 4. The van der Waals surface area contributed by atoms with Crippen LogP contribution >= 0.6 is 11.3 Å². The second-order valence-corrected chi connectivity index (χ2v) is 7.55. The summed E-state index contributed by atoms with van der Waals surface area (Å²) >= 11 is 1.55. The first kappa shape index (κ1) is 17.4. The maximum Gasteiger partial charge on any atom is 0.339 e. The van der Waals surface area contributed by atoms with Crippen LogP contribution < -0.4 is 0 Å². The molecule has 0 N–H and O–H groups in total. The number of nitrogens with zero attached hydrogens (tertiary/aromatic N) is 1. The average Bonchev–Trinajstić information content (AvgIpc) is 2.98. The van der Waals surface area contributed by atoms with Crippen LogP contribution in [0.2, 0.25) is 0 Å². The lowest BCUT2D eigenvalue weighted by Gasteiger charge is -2.26. The first-order valence-electron chi connectivity index (χ1n) is 8.31. The number of hydrogen-bond acceptors (Lipinski definition) is 4. The molecule has 0 aliphatic carbocycles. The zero-order valence-electron chi connectivity index (χ0n) is 14.5. The number of amides is 1. The third-order valence-electron chi connectivity index (χ3n) is 4.29. The van der Waals surface area contributed by atoms with E-state index in [0.717, 1.165) is 16.2 Å². The SMILES string of the molecule is Cc1cc(C(=O)OCC(=O)N2CC=C(c3ccccc3)CC2)c(C)s1. The lowest BCUT2D eigenvalue weighted by molar-refractivity contribution is -0.134. The molecular formula is C20H21NO3S. The molecule has 2 heterocycles. The zero-order valence-corrected chi connectivity index (χ0v) is 15.3. The van der Waals surface area contributed by atoms with E-state index in [1.807, 2.05) is 38.1 Å². The van der Waals surface area contributed by atoms with Crippen LogP contribution in [0, 0.1) is 13.8 Å².